The van der Waals surface area contributed by atoms with Gasteiger partial charge in [-0.25, -0.2) is 9.50 Å². The summed E-state index contributed by atoms with van der Waals surface area (Å²) in [6.07, 6.45) is 3.72. The van der Waals surface area contributed by atoms with Crippen molar-refractivity contribution in [2.75, 3.05) is 44.2 Å². The van der Waals surface area contributed by atoms with Gasteiger partial charge in [-0.2, -0.15) is 0 Å². The fourth-order valence-electron chi connectivity index (χ4n) is 3.62. The van der Waals surface area contributed by atoms with Crippen molar-refractivity contribution in [1.82, 2.24) is 24.8 Å². The van der Waals surface area contributed by atoms with E-state index in [9.17, 15) is 4.79 Å². The number of amides is 1. The summed E-state index contributed by atoms with van der Waals surface area (Å²) in [6, 6.07) is 11.3. The Hall–Kier alpha value is -2.35. The molecule has 3 heterocycles. The van der Waals surface area contributed by atoms with Gasteiger partial charge in [0.15, 0.2) is 5.65 Å². The van der Waals surface area contributed by atoms with Gasteiger partial charge in [-0.15, -0.1) is 5.10 Å². The Morgan fingerprint density at radius 3 is 2.67 bits per heavy atom. The highest BCUT2D eigenvalue weighted by Gasteiger charge is 2.19. The van der Waals surface area contributed by atoms with Crippen LogP contribution in [0.3, 0.4) is 0 Å². The van der Waals surface area contributed by atoms with Crippen LogP contribution in [0.2, 0.25) is 10.0 Å². The molecule has 1 aliphatic rings. The molecule has 1 N–H and O–H groups in total. The number of carbonyl (C=O) groups is 1. The fraction of sp³-hybridized carbons (Fsp3) is 0.381. The molecule has 158 valence electrons. The molecule has 0 radical (unpaired) electrons. The van der Waals surface area contributed by atoms with Crippen molar-refractivity contribution in [2.24, 2.45) is 0 Å². The first-order valence-electron chi connectivity index (χ1n) is 10.1. The number of anilines is 1. The molecule has 0 saturated carbocycles. The van der Waals surface area contributed by atoms with E-state index in [1.165, 1.54) is 0 Å². The van der Waals surface area contributed by atoms with Crippen LogP contribution < -0.4 is 10.2 Å². The van der Waals surface area contributed by atoms with Crippen molar-refractivity contribution in [2.45, 2.75) is 12.8 Å². The number of benzene rings is 1. The van der Waals surface area contributed by atoms with Crippen LogP contribution in [0.5, 0.6) is 0 Å². The number of hydrogen-bond donors (Lipinski definition) is 1. The number of carbonyl (C=O) groups excluding carboxylic acids is 1. The van der Waals surface area contributed by atoms with Crippen LogP contribution in [0, 0.1) is 0 Å². The van der Waals surface area contributed by atoms with Gasteiger partial charge in [-0.05, 0) is 43.7 Å². The van der Waals surface area contributed by atoms with Gasteiger partial charge >= 0.3 is 0 Å². The Balaban J connectivity index is 1.15. The minimum Gasteiger partial charge on any atom is -0.368 e. The number of piperazine rings is 1. The summed E-state index contributed by atoms with van der Waals surface area (Å²) >= 11 is 12.5. The largest absolute Gasteiger partial charge is 0.368 e. The quantitative estimate of drug-likeness (QED) is 0.563. The third-order valence-electron chi connectivity index (χ3n) is 5.28. The number of halogens is 2. The number of pyridine rings is 1. The van der Waals surface area contributed by atoms with Crippen molar-refractivity contribution < 1.29 is 4.79 Å². The maximum absolute atomic E-state index is 12.2. The van der Waals surface area contributed by atoms with E-state index in [0.717, 1.165) is 51.3 Å². The minimum absolute atomic E-state index is 0.206. The van der Waals surface area contributed by atoms with Crippen LogP contribution in [0.1, 0.15) is 23.5 Å². The van der Waals surface area contributed by atoms with Crippen molar-refractivity contribution in [3.05, 3.63) is 58.5 Å². The Morgan fingerprint density at radius 2 is 1.87 bits per heavy atom. The lowest BCUT2D eigenvalue weighted by Gasteiger charge is -2.36. The molecule has 3 aromatic rings. The van der Waals surface area contributed by atoms with Crippen LogP contribution in [0.4, 0.5) is 5.69 Å². The number of hydrogen-bond acceptors (Lipinski definition) is 5. The van der Waals surface area contributed by atoms with E-state index >= 15 is 0 Å². The highest BCUT2D eigenvalue weighted by Crippen LogP contribution is 2.32. The highest BCUT2D eigenvalue weighted by atomic mass is 35.5. The maximum Gasteiger partial charge on any atom is 0.290 e. The first-order chi connectivity index (χ1) is 14.6. The van der Waals surface area contributed by atoms with E-state index in [1.807, 2.05) is 36.4 Å². The Morgan fingerprint density at radius 1 is 1.03 bits per heavy atom. The zero-order valence-corrected chi connectivity index (χ0v) is 18.1. The molecule has 9 heteroatoms. The standard InChI is InChI=1S/C21H24Cl2N6O/c22-16-6-5-7-17(19(16)23)28-14-12-27(13-15-28)10-4-2-9-24-21(30)20-25-18-8-1-3-11-29(18)26-20/h1,3,5-8,11H,2,4,9-10,12-15H2,(H,24,30). The van der Waals surface area contributed by atoms with Crippen LogP contribution in [0.15, 0.2) is 42.6 Å². The van der Waals surface area contributed by atoms with E-state index in [-0.39, 0.29) is 11.7 Å². The predicted molar refractivity (Wildman–Crippen MR) is 120 cm³/mol. The number of fused-ring (bicyclic) bond motifs is 1. The molecular formula is C21H24Cl2N6O. The van der Waals surface area contributed by atoms with Crippen LogP contribution >= 0.6 is 23.2 Å². The second-order valence-corrected chi connectivity index (χ2v) is 8.09. The van der Waals surface area contributed by atoms with Crippen LogP contribution in [-0.2, 0) is 0 Å². The molecule has 1 aromatic carbocycles. The predicted octanol–water partition coefficient (Wildman–Crippen LogP) is 3.37. The molecule has 0 aliphatic carbocycles. The van der Waals surface area contributed by atoms with Crippen molar-refractivity contribution in [1.29, 1.82) is 0 Å². The van der Waals surface area contributed by atoms with E-state index in [2.05, 4.69) is 25.2 Å². The van der Waals surface area contributed by atoms with Gasteiger partial charge in [0.2, 0.25) is 5.82 Å². The third kappa shape index (κ3) is 4.86. The molecule has 0 bridgehead atoms. The molecule has 0 spiro atoms. The van der Waals surface area contributed by atoms with Gasteiger partial charge in [-0.3, -0.25) is 9.69 Å². The monoisotopic (exact) mass is 446 g/mol. The van der Waals surface area contributed by atoms with E-state index < -0.39 is 0 Å². The highest BCUT2D eigenvalue weighted by molar-refractivity contribution is 6.43. The molecule has 4 rings (SSSR count). The van der Waals surface area contributed by atoms with E-state index in [4.69, 9.17) is 23.2 Å². The summed E-state index contributed by atoms with van der Waals surface area (Å²) in [5.74, 6) is -0.0253. The summed E-state index contributed by atoms with van der Waals surface area (Å²) in [5.41, 5.74) is 1.67. The number of unbranched alkanes of at least 4 members (excludes halogenated alkanes) is 1. The molecule has 1 aliphatic heterocycles. The molecule has 1 fully saturated rings. The SMILES string of the molecule is O=C(NCCCCN1CCN(c2cccc(Cl)c2Cl)CC1)c1nc2ccccn2n1. The van der Waals surface area contributed by atoms with Crippen molar-refractivity contribution in [3.63, 3.8) is 0 Å². The normalized spacial score (nSPS) is 14.9. The van der Waals surface area contributed by atoms with Gasteiger partial charge in [0, 0.05) is 38.9 Å². The van der Waals surface area contributed by atoms with E-state index in [1.54, 1.807) is 10.7 Å². The van der Waals surface area contributed by atoms with Crippen molar-refractivity contribution >= 4 is 40.4 Å². The second kappa shape index (κ2) is 9.64. The Bertz CT molecular complexity index is 983. The number of aromatic nitrogens is 3. The molecular weight excluding hydrogens is 423 g/mol. The van der Waals surface area contributed by atoms with Gasteiger partial charge in [0.1, 0.15) is 0 Å². The lowest BCUT2D eigenvalue weighted by molar-refractivity contribution is 0.0942. The molecule has 2 aromatic heterocycles. The zero-order chi connectivity index (χ0) is 20.9. The van der Waals surface area contributed by atoms with E-state index in [0.29, 0.717) is 22.2 Å². The summed E-state index contributed by atoms with van der Waals surface area (Å²) < 4.78 is 1.60. The van der Waals surface area contributed by atoms with Gasteiger partial charge in [0.25, 0.3) is 5.91 Å². The average Bonchev–Trinajstić information content (AvgIpc) is 3.20. The topological polar surface area (TPSA) is 65.8 Å². The summed E-state index contributed by atoms with van der Waals surface area (Å²) in [7, 11) is 0. The third-order valence-corrected chi connectivity index (χ3v) is 6.08. The van der Waals surface area contributed by atoms with Gasteiger partial charge in [0.05, 0.1) is 15.7 Å². The molecule has 30 heavy (non-hydrogen) atoms. The molecule has 0 atom stereocenters. The lowest BCUT2D eigenvalue weighted by Crippen LogP contribution is -2.46. The lowest BCUT2D eigenvalue weighted by atomic mass is 10.2. The summed E-state index contributed by atoms with van der Waals surface area (Å²) in [4.78, 5) is 21.2. The molecule has 7 nitrogen and oxygen atoms in total. The Labute approximate surface area is 185 Å². The fourth-order valence-corrected chi connectivity index (χ4v) is 4.03. The van der Waals surface area contributed by atoms with Crippen LogP contribution in [0.25, 0.3) is 5.65 Å². The minimum atomic E-state index is -0.231. The van der Waals surface area contributed by atoms with Crippen LogP contribution in [-0.4, -0.2) is 64.7 Å². The first-order valence-corrected chi connectivity index (χ1v) is 10.9. The second-order valence-electron chi connectivity index (χ2n) is 7.30. The smallest absolute Gasteiger partial charge is 0.290 e. The van der Waals surface area contributed by atoms with Gasteiger partial charge in [-0.1, -0.05) is 35.3 Å². The summed E-state index contributed by atoms with van der Waals surface area (Å²) in [6.45, 7) is 5.46. The first kappa shape index (κ1) is 20.9. The summed E-state index contributed by atoms with van der Waals surface area (Å²) in [5, 5.41) is 8.32. The molecule has 1 saturated heterocycles. The van der Waals surface area contributed by atoms with Gasteiger partial charge < -0.3 is 10.2 Å². The number of nitrogens with one attached hydrogen (secondary N) is 1. The number of rotatable bonds is 7. The average molecular weight is 447 g/mol. The maximum atomic E-state index is 12.2. The van der Waals surface area contributed by atoms with Crippen molar-refractivity contribution in [3.8, 4) is 0 Å². The molecule has 1 amide bonds. The Kier molecular flexibility index (Phi) is 6.72. The molecule has 0 unspecified atom stereocenters. The zero-order valence-electron chi connectivity index (χ0n) is 16.6. The number of nitrogens with zero attached hydrogens (tertiary/aromatic N) is 5.